The molecule has 0 atom stereocenters. The van der Waals surface area contributed by atoms with Crippen molar-refractivity contribution < 1.29 is 9.53 Å². The van der Waals surface area contributed by atoms with Gasteiger partial charge in [0.2, 0.25) is 5.91 Å². The molecule has 0 saturated heterocycles. The van der Waals surface area contributed by atoms with Gasteiger partial charge in [0.05, 0.1) is 12.1 Å². The Bertz CT molecular complexity index is 706. The van der Waals surface area contributed by atoms with E-state index in [0.717, 1.165) is 11.0 Å². The Kier molecular flexibility index (Phi) is 5.70. The highest BCUT2D eigenvalue weighted by molar-refractivity contribution is 5.89. The first kappa shape index (κ1) is 17.0. The minimum atomic E-state index is 0.0165. The van der Waals surface area contributed by atoms with Crippen molar-refractivity contribution in [2.45, 2.75) is 13.5 Å². The first-order valence-electron chi connectivity index (χ1n) is 7.49. The number of methoxy groups -OCH3 is 1. The van der Waals surface area contributed by atoms with Crippen molar-refractivity contribution in [2.24, 2.45) is 0 Å². The molecule has 0 saturated carbocycles. The van der Waals surface area contributed by atoms with E-state index in [1.165, 1.54) is 0 Å². The number of hydrogen-bond donors (Lipinski definition) is 1. The van der Waals surface area contributed by atoms with Crippen LogP contribution in [-0.4, -0.2) is 59.7 Å². The molecular weight excluding hydrogens is 294 g/mol. The van der Waals surface area contributed by atoms with Crippen molar-refractivity contribution in [3.63, 3.8) is 0 Å². The molecule has 2 heterocycles. The molecule has 7 nitrogen and oxygen atoms in total. The van der Waals surface area contributed by atoms with Crippen LogP contribution in [0.1, 0.15) is 12.7 Å². The third kappa shape index (κ3) is 4.07. The lowest BCUT2D eigenvalue weighted by Gasteiger charge is -2.14. The Balaban J connectivity index is 2.43. The summed E-state index contributed by atoms with van der Waals surface area (Å²) in [7, 11) is 5.14. The van der Waals surface area contributed by atoms with Gasteiger partial charge in [0.15, 0.2) is 11.6 Å². The van der Waals surface area contributed by atoms with E-state index in [1.807, 2.05) is 35.9 Å². The molecule has 0 bridgehead atoms. The van der Waals surface area contributed by atoms with Gasteiger partial charge in [-0.05, 0) is 19.1 Å². The lowest BCUT2D eigenvalue weighted by molar-refractivity contribution is -0.129. The Morgan fingerprint density at radius 2 is 2.22 bits per heavy atom. The zero-order valence-corrected chi connectivity index (χ0v) is 14.0. The molecule has 0 spiro atoms. The second-order valence-corrected chi connectivity index (χ2v) is 5.32. The van der Waals surface area contributed by atoms with Gasteiger partial charge in [-0.25, -0.2) is 9.97 Å². The summed E-state index contributed by atoms with van der Waals surface area (Å²) in [6, 6.07) is 1.90. The van der Waals surface area contributed by atoms with Crippen LogP contribution in [0.3, 0.4) is 0 Å². The summed E-state index contributed by atoms with van der Waals surface area (Å²) >= 11 is 0. The molecule has 0 aliphatic heterocycles. The third-order valence-electron chi connectivity index (χ3n) is 3.35. The van der Waals surface area contributed by atoms with Crippen LogP contribution in [0, 0.1) is 0 Å². The number of nitrogens with one attached hydrogen (secondary N) is 1. The third-order valence-corrected chi connectivity index (χ3v) is 3.35. The fourth-order valence-electron chi connectivity index (χ4n) is 2.16. The average molecular weight is 317 g/mol. The Morgan fingerprint density at radius 3 is 2.87 bits per heavy atom. The lowest BCUT2D eigenvalue weighted by atomic mass is 10.3. The zero-order chi connectivity index (χ0) is 16.8. The molecule has 2 aromatic rings. The van der Waals surface area contributed by atoms with E-state index in [1.54, 1.807) is 26.1 Å². The average Bonchev–Trinajstić information content (AvgIpc) is 2.91. The minimum absolute atomic E-state index is 0.0165. The molecule has 1 amide bonds. The summed E-state index contributed by atoms with van der Waals surface area (Å²) in [5.41, 5.74) is 1.63. The lowest BCUT2D eigenvalue weighted by Crippen LogP contribution is -2.26. The summed E-state index contributed by atoms with van der Waals surface area (Å²) in [6.45, 7) is 3.38. The molecule has 2 rings (SSSR count). The molecule has 0 fully saturated rings. The first-order valence-corrected chi connectivity index (χ1v) is 7.49. The maximum atomic E-state index is 12.0. The number of nitrogens with zero attached hydrogens (tertiary/aromatic N) is 4. The highest BCUT2D eigenvalue weighted by atomic mass is 16.5. The molecule has 0 unspecified atom stereocenters. The van der Waals surface area contributed by atoms with Crippen LogP contribution >= 0.6 is 0 Å². The van der Waals surface area contributed by atoms with Gasteiger partial charge in [0.1, 0.15) is 12.1 Å². The number of fused-ring (bicyclic) bond motifs is 1. The van der Waals surface area contributed by atoms with E-state index in [0.29, 0.717) is 24.8 Å². The molecule has 2 aromatic heterocycles. The SMILES string of the molecule is CC=Cc1nc(NCCOC)c2c(ccn2CC(=O)N(C)C)n1. The predicted octanol–water partition coefficient (Wildman–Crippen LogP) is 1.61. The number of allylic oxidation sites excluding steroid dienone is 1. The van der Waals surface area contributed by atoms with E-state index in [2.05, 4.69) is 15.3 Å². The number of anilines is 1. The van der Waals surface area contributed by atoms with Crippen molar-refractivity contribution in [1.29, 1.82) is 0 Å². The molecule has 0 aliphatic carbocycles. The van der Waals surface area contributed by atoms with Crippen LogP contribution in [0.4, 0.5) is 5.82 Å². The summed E-state index contributed by atoms with van der Waals surface area (Å²) in [5, 5.41) is 3.26. The molecule has 0 aliphatic rings. The maximum Gasteiger partial charge on any atom is 0.241 e. The van der Waals surface area contributed by atoms with Gasteiger partial charge in [0, 0.05) is 33.9 Å². The fourth-order valence-corrected chi connectivity index (χ4v) is 2.16. The quantitative estimate of drug-likeness (QED) is 0.786. The second-order valence-electron chi connectivity index (χ2n) is 5.32. The fraction of sp³-hybridized carbons (Fsp3) is 0.438. The Labute approximate surface area is 136 Å². The topological polar surface area (TPSA) is 72.3 Å². The van der Waals surface area contributed by atoms with Crippen molar-refractivity contribution in [2.75, 3.05) is 39.7 Å². The highest BCUT2D eigenvalue weighted by Crippen LogP contribution is 2.22. The van der Waals surface area contributed by atoms with Gasteiger partial charge >= 0.3 is 0 Å². The maximum absolute atomic E-state index is 12.0. The highest BCUT2D eigenvalue weighted by Gasteiger charge is 2.14. The first-order chi connectivity index (χ1) is 11.1. The van der Waals surface area contributed by atoms with Crippen molar-refractivity contribution in [3.05, 3.63) is 24.2 Å². The predicted molar refractivity (Wildman–Crippen MR) is 91.3 cm³/mol. The van der Waals surface area contributed by atoms with Crippen molar-refractivity contribution in [1.82, 2.24) is 19.4 Å². The van der Waals surface area contributed by atoms with Crippen LogP contribution in [0.5, 0.6) is 0 Å². The van der Waals surface area contributed by atoms with Gasteiger partial charge in [-0.2, -0.15) is 0 Å². The summed E-state index contributed by atoms with van der Waals surface area (Å²) in [5.74, 6) is 1.36. The zero-order valence-electron chi connectivity index (χ0n) is 14.0. The van der Waals surface area contributed by atoms with Gasteiger partial charge in [-0.3, -0.25) is 4.79 Å². The Hall–Kier alpha value is -2.41. The second kappa shape index (κ2) is 7.73. The van der Waals surface area contributed by atoms with Gasteiger partial charge in [-0.15, -0.1) is 0 Å². The van der Waals surface area contributed by atoms with Crippen molar-refractivity contribution in [3.8, 4) is 0 Å². The monoisotopic (exact) mass is 317 g/mol. The van der Waals surface area contributed by atoms with E-state index in [4.69, 9.17) is 4.74 Å². The summed E-state index contributed by atoms with van der Waals surface area (Å²) < 4.78 is 6.94. The molecule has 23 heavy (non-hydrogen) atoms. The van der Waals surface area contributed by atoms with E-state index < -0.39 is 0 Å². The van der Waals surface area contributed by atoms with E-state index in [9.17, 15) is 4.79 Å². The minimum Gasteiger partial charge on any atom is -0.383 e. The van der Waals surface area contributed by atoms with Crippen LogP contribution < -0.4 is 5.32 Å². The largest absolute Gasteiger partial charge is 0.383 e. The van der Waals surface area contributed by atoms with Crippen LogP contribution in [0.15, 0.2) is 18.3 Å². The number of hydrogen-bond acceptors (Lipinski definition) is 5. The number of rotatable bonds is 7. The van der Waals surface area contributed by atoms with Crippen molar-refractivity contribution >= 4 is 28.8 Å². The Morgan fingerprint density at radius 1 is 1.43 bits per heavy atom. The van der Waals surface area contributed by atoms with E-state index >= 15 is 0 Å². The van der Waals surface area contributed by atoms with Crippen LogP contribution in [0.25, 0.3) is 17.1 Å². The number of ether oxygens (including phenoxy) is 1. The van der Waals surface area contributed by atoms with E-state index in [-0.39, 0.29) is 12.5 Å². The molecular formula is C16H23N5O2. The summed E-state index contributed by atoms with van der Waals surface area (Å²) in [6.07, 6.45) is 5.61. The smallest absolute Gasteiger partial charge is 0.241 e. The number of carbonyl (C=O) groups is 1. The normalized spacial score (nSPS) is 11.3. The number of aromatic nitrogens is 3. The molecule has 1 N–H and O–H groups in total. The molecule has 7 heteroatoms. The number of likely N-dealkylation sites (N-methyl/N-ethyl adjacent to an activating group) is 1. The standard InChI is InChI=1S/C16H23N5O2/c1-5-6-13-18-12-7-9-21(11-14(22)20(2)3)15(12)16(19-13)17-8-10-23-4/h5-7,9H,8,10-11H2,1-4H3,(H,17,18,19). The molecule has 0 radical (unpaired) electrons. The summed E-state index contributed by atoms with van der Waals surface area (Å²) in [4.78, 5) is 22.6. The van der Waals surface area contributed by atoms with Gasteiger partial charge in [0.25, 0.3) is 0 Å². The molecule has 0 aromatic carbocycles. The number of amides is 1. The van der Waals surface area contributed by atoms with Gasteiger partial charge in [-0.1, -0.05) is 6.08 Å². The number of carbonyl (C=O) groups excluding carboxylic acids is 1. The van der Waals surface area contributed by atoms with Crippen LogP contribution in [-0.2, 0) is 16.1 Å². The van der Waals surface area contributed by atoms with Gasteiger partial charge < -0.3 is 19.5 Å². The van der Waals surface area contributed by atoms with Crippen LogP contribution in [0.2, 0.25) is 0 Å². The molecule has 124 valence electrons.